The second-order valence-electron chi connectivity index (χ2n) is 6.70. The van der Waals surface area contributed by atoms with Gasteiger partial charge in [-0.05, 0) is 6.07 Å². The molecule has 0 atom stereocenters. The van der Waals surface area contributed by atoms with E-state index in [1.54, 1.807) is 0 Å². The Kier molecular flexibility index (Phi) is 4.90. The third kappa shape index (κ3) is 3.39. The highest BCUT2D eigenvalue weighted by Crippen LogP contribution is 2.39. The van der Waals surface area contributed by atoms with Crippen LogP contribution in [0.25, 0.3) is 16.7 Å². The molecule has 1 aliphatic heterocycles. The van der Waals surface area contributed by atoms with Crippen molar-refractivity contribution in [3.05, 3.63) is 51.0 Å². The number of rotatable bonds is 3. The van der Waals surface area contributed by atoms with Crippen molar-refractivity contribution in [2.24, 2.45) is 0 Å². The van der Waals surface area contributed by atoms with Crippen LogP contribution in [0.15, 0.2) is 23.1 Å². The number of carbonyl (C=O) groups is 1. The summed E-state index contributed by atoms with van der Waals surface area (Å²) in [4.78, 5) is 28.7. The van der Waals surface area contributed by atoms with Gasteiger partial charge in [-0.25, -0.2) is 22.9 Å². The van der Waals surface area contributed by atoms with E-state index in [4.69, 9.17) is 22.4 Å². The van der Waals surface area contributed by atoms with Gasteiger partial charge in [0.1, 0.15) is 5.82 Å². The highest BCUT2D eigenvalue weighted by Gasteiger charge is 2.31. The van der Waals surface area contributed by atoms with Crippen LogP contribution in [0.3, 0.4) is 0 Å². The first-order valence-corrected chi connectivity index (χ1v) is 8.99. The molecule has 0 amide bonds. The fourth-order valence-corrected chi connectivity index (χ4v) is 3.68. The van der Waals surface area contributed by atoms with Crippen molar-refractivity contribution >= 4 is 40.2 Å². The lowest BCUT2D eigenvalue weighted by molar-refractivity contribution is 0.141. The summed E-state index contributed by atoms with van der Waals surface area (Å²) in [7, 11) is 0. The molecule has 0 saturated carbocycles. The van der Waals surface area contributed by atoms with E-state index in [0.717, 1.165) is 16.8 Å². The van der Waals surface area contributed by atoms with Gasteiger partial charge in [0.05, 0.1) is 33.9 Å². The maximum Gasteiger partial charge on any atom is 0.511 e. The van der Waals surface area contributed by atoms with Crippen molar-refractivity contribution in [3.8, 4) is 11.6 Å². The van der Waals surface area contributed by atoms with Crippen molar-refractivity contribution in [1.82, 2.24) is 9.55 Å². The fraction of sp³-hybridized carbons (Fsp3) is 0.167. The molecule has 0 radical (unpaired) electrons. The van der Waals surface area contributed by atoms with Gasteiger partial charge in [-0.3, -0.25) is 9.36 Å². The molecular weight excluding hydrogens is 445 g/mol. The zero-order valence-corrected chi connectivity index (χ0v) is 16.0. The summed E-state index contributed by atoms with van der Waals surface area (Å²) >= 11 is 6.37. The number of aliphatic hydroxyl groups is 1. The van der Waals surface area contributed by atoms with Gasteiger partial charge in [-0.1, -0.05) is 11.6 Å². The number of halogens is 4. The standard InChI is InChI=1S/C18H12ClF3N4O5/c19-12-13-7(1-8(20)14(12)25-3-6(27)4-25)15(28)11(31-18(29)30)5-26(13)17-10(22)2-9(21)16(23)24-17/h1-2,5-6,27H,3-4H2,(H2,23,24)(H,29,30). The first-order chi connectivity index (χ1) is 14.6. The summed E-state index contributed by atoms with van der Waals surface area (Å²) in [6.07, 6.45) is -1.79. The Labute approximate surface area is 175 Å². The van der Waals surface area contributed by atoms with E-state index in [-0.39, 0.29) is 29.3 Å². The number of nitrogens with zero attached hydrogens (tertiary/aromatic N) is 3. The summed E-state index contributed by atoms with van der Waals surface area (Å²) in [6.45, 7) is 0.116. The summed E-state index contributed by atoms with van der Waals surface area (Å²) < 4.78 is 48.2. The van der Waals surface area contributed by atoms with Crippen molar-refractivity contribution in [1.29, 1.82) is 0 Å². The van der Waals surface area contributed by atoms with Gasteiger partial charge >= 0.3 is 6.16 Å². The normalized spacial score (nSPS) is 14.0. The molecular formula is C18H12ClF3N4O5. The monoisotopic (exact) mass is 456 g/mol. The Balaban J connectivity index is 2.11. The van der Waals surface area contributed by atoms with Gasteiger partial charge in [0, 0.05) is 19.2 Å². The molecule has 0 bridgehead atoms. The SMILES string of the molecule is Nc1nc(-n2cc(OC(=O)O)c(=O)c3cc(F)c(N4CC(O)C4)c(Cl)c32)c(F)cc1F. The molecule has 31 heavy (non-hydrogen) atoms. The molecule has 0 spiro atoms. The Bertz CT molecular complexity index is 1310. The van der Waals surface area contributed by atoms with Crippen molar-refractivity contribution in [3.63, 3.8) is 0 Å². The number of carboxylic acid groups (broad SMARTS) is 1. The van der Waals surface area contributed by atoms with E-state index in [9.17, 15) is 27.9 Å². The third-order valence-corrected chi connectivity index (χ3v) is 5.02. The summed E-state index contributed by atoms with van der Waals surface area (Å²) in [5.41, 5.74) is 3.96. The van der Waals surface area contributed by atoms with Crippen LogP contribution in [0.4, 0.5) is 29.5 Å². The van der Waals surface area contributed by atoms with E-state index >= 15 is 0 Å². The molecule has 0 unspecified atom stereocenters. The Morgan fingerprint density at radius 3 is 2.52 bits per heavy atom. The molecule has 1 fully saturated rings. The van der Waals surface area contributed by atoms with E-state index in [2.05, 4.69) is 9.72 Å². The Morgan fingerprint density at radius 2 is 1.90 bits per heavy atom. The van der Waals surface area contributed by atoms with Crippen LogP contribution in [0.2, 0.25) is 5.02 Å². The highest BCUT2D eigenvalue weighted by molar-refractivity contribution is 6.38. The lowest BCUT2D eigenvalue weighted by atomic mass is 10.1. The molecule has 1 aliphatic rings. The van der Waals surface area contributed by atoms with Crippen molar-refractivity contribution in [2.45, 2.75) is 6.10 Å². The van der Waals surface area contributed by atoms with Crippen molar-refractivity contribution < 1.29 is 32.9 Å². The second kappa shape index (κ2) is 7.32. The molecule has 3 aromatic rings. The first kappa shape index (κ1) is 20.8. The number of anilines is 2. The Morgan fingerprint density at radius 1 is 1.23 bits per heavy atom. The van der Waals surface area contributed by atoms with Crippen LogP contribution < -0.4 is 20.8 Å². The average Bonchev–Trinajstić information content (AvgIpc) is 2.65. The molecule has 0 aliphatic carbocycles. The lowest BCUT2D eigenvalue weighted by Gasteiger charge is -2.38. The maximum absolute atomic E-state index is 14.8. The number of β-amino-alcohol motifs (C(OH)–C–C–N with tert-alkyl or cyclic N) is 1. The molecule has 4 rings (SSSR count). The van der Waals surface area contributed by atoms with E-state index < -0.39 is 57.9 Å². The number of hydrogen-bond acceptors (Lipinski definition) is 7. The quantitative estimate of drug-likeness (QED) is 0.512. The smallest absolute Gasteiger partial charge is 0.449 e. The van der Waals surface area contributed by atoms with Crippen LogP contribution in [-0.4, -0.2) is 45.1 Å². The lowest BCUT2D eigenvalue weighted by Crippen LogP contribution is -2.51. The minimum absolute atomic E-state index is 0.0582. The summed E-state index contributed by atoms with van der Waals surface area (Å²) in [5, 5.41) is 17.6. The number of pyridine rings is 2. The average molecular weight is 457 g/mol. The first-order valence-electron chi connectivity index (χ1n) is 8.61. The van der Waals surface area contributed by atoms with E-state index in [0.29, 0.717) is 6.07 Å². The topological polar surface area (TPSA) is 131 Å². The molecule has 13 heteroatoms. The summed E-state index contributed by atoms with van der Waals surface area (Å²) in [5.74, 6) is -5.44. The van der Waals surface area contributed by atoms with E-state index in [1.165, 1.54) is 4.90 Å². The molecule has 4 N–H and O–H groups in total. The molecule has 162 valence electrons. The molecule has 2 aromatic heterocycles. The number of aromatic nitrogens is 2. The number of aliphatic hydroxyl groups excluding tert-OH is 1. The fourth-order valence-electron chi connectivity index (χ4n) is 3.28. The minimum Gasteiger partial charge on any atom is -0.449 e. The Hall–Kier alpha value is -3.51. The van der Waals surface area contributed by atoms with Crippen LogP contribution in [0.5, 0.6) is 5.75 Å². The number of benzene rings is 1. The zero-order chi connectivity index (χ0) is 22.6. The van der Waals surface area contributed by atoms with Gasteiger partial charge in [0.15, 0.2) is 29.0 Å². The third-order valence-electron chi connectivity index (χ3n) is 4.67. The number of ether oxygens (including phenoxy) is 1. The highest BCUT2D eigenvalue weighted by atomic mass is 35.5. The van der Waals surface area contributed by atoms with Gasteiger partial charge in [0.25, 0.3) is 0 Å². The van der Waals surface area contributed by atoms with Crippen LogP contribution in [-0.2, 0) is 0 Å². The number of hydrogen-bond donors (Lipinski definition) is 3. The van der Waals surface area contributed by atoms with Crippen molar-refractivity contribution in [2.75, 3.05) is 23.7 Å². The van der Waals surface area contributed by atoms with Crippen LogP contribution >= 0.6 is 11.6 Å². The van der Waals surface area contributed by atoms with Gasteiger partial charge in [-0.15, -0.1) is 0 Å². The van der Waals surface area contributed by atoms with E-state index in [1.807, 2.05) is 0 Å². The predicted molar refractivity (Wildman–Crippen MR) is 104 cm³/mol. The molecule has 9 nitrogen and oxygen atoms in total. The van der Waals surface area contributed by atoms with Crippen LogP contribution in [0, 0.1) is 17.5 Å². The van der Waals surface area contributed by atoms with Gasteiger partial charge in [0.2, 0.25) is 5.43 Å². The molecule has 3 heterocycles. The molecule has 1 aromatic carbocycles. The number of nitrogens with two attached hydrogens (primary N) is 1. The summed E-state index contributed by atoms with van der Waals surface area (Å²) in [6, 6.07) is 1.21. The number of nitrogen functional groups attached to an aromatic ring is 1. The largest absolute Gasteiger partial charge is 0.511 e. The number of fused-ring (bicyclic) bond motifs is 1. The van der Waals surface area contributed by atoms with Crippen LogP contribution in [0.1, 0.15) is 0 Å². The second-order valence-corrected chi connectivity index (χ2v) is 7.08. The van der Waals surface area contributed by atoms with Gasteiger partial charge < -0.3 is 25.6 Å². The predicted octanol–water partition coefficient (Wildman–Crippen LogP) is 2.28. The van der Waals surface area contributed by atoms with Gasteiger partial charge in [-0.2, -0.15) is 0 Å². The maximum atomic E-state index is 14.8. The minimum atomic E-state index is -1.85. The zero-order valence-electron chi connectivity index (χ0n) is 15.3. The molecule has 1 saturated heterocycles.